The summed E-state index contributed by atoms with van der Waals surface area (Å²) in [6.45, 7) is 1.49. The fourth-order valence-corrected chi connectivity index (χ4v) is 2.60. The molecule has 0 fully saturated rings. The van der Waals surface area contributed by atoms with Crippen LogP contribution in [0.25, 0.3) is 22.2 Å². The van der Waals surface area contributed by atoms with Crippen LogP contribution in [0, 0.1) is 24.0 Å². The van der Waals surface area contributed by atoms with E-state index in [1.807, 2.05) is 0 Å². The largest absolute Gasteiger partial charge is 0.396 e. The zero-order valence-electron chi connectivity index (χ0n) is 12.6. The van der Waals surface area contributed by atoms with Gasteiger partial charge in [-0.3, -0.25) is 9.78 Å². The summed E-state index contributed by atoms with van der Waals surface area (Å²) < 4.78 is 27.4. The number of nitrogens with two attached hydrogens (primary N) is 2. The van der Waals surface area contributed by atoms with Gasteiger partial charge in [-0.1, -0.05) is 6.07 Å². The van der Waals surface area contributed by atoms with E-state index < -0.39 is 17.2 Å². The Labute approximate surface area is 134 Å². The van der Waals surface area contributed by atoms with E-state index in [0.717, 1.165) is 18.5 Å². The fourth-order valence-electron chi connectivity index (χ4n) is 2.60. The zero-order valence-corrected chi connectivity index (χ0v) is 12.6. The summed E-state index contributed by atoms with van der Waals surface area (Å²) in [4.78, 5) is 18.7. The maximum Gasteiger partial charge on any atom is 0.272 e. The minimum atomic E-state index is -0.694. The molecule has 0 bridgehead atoms. The summed E-state index contributed by atoms with van der Waals surface area (Å²) in [5.74, 6) is -1.28. The predicted octanol–water partition coefficient (Wildman–Crippen LogP) is 2.34. The Hall–Kier alpha value is -3.29. The number of nitrogen functional groups attached to an aromatic ring is 2. The number of nitrogens with one attached hydrogen (secondary N) is 2. The number of pyridine rings is 2. The summed E-state index contributed by atoms with van der Waals surface area (Å²) in [5, 5.41) is 7.50. The summed E-state index contributed by atoms with van der Waals surface area (Å²) in [5.41, 5.74) is 11.7. The van der Waals surface area contributed by atoms with Crippen LogP contribution in [0.15, 0.2) is 23.1 Å². The standard InChI is InChI=1S/C16H13F2N5O/c1-6-10(18)5-22-15-11(13(21)16(24)23-14(6)15)7-2-3-9(17)12(20)8(7)4-19/h2-5,19H,20-21H2,1H3,(H,23,24). The molecule has 0 aliphatic rings. The number of benzene rings is 1. The lowest BCUT2D eigenvalue weighted by molar-refractivity contribution is 0.615. The molecule has 24 heavy (non-hydrogen) atoms. The molecule has 8 heteroatoms. The Morgan fingerprint density at radius 3 is 2.58 bits per heavy atom. The van der Waals surface area contributed by atoms with Crippen LogP contribution in [0.1, 0.15) is 11.1 Å². The van der Waals surface area contributed by atoms with Crippen LogP contribution in [0.3, 0.4) is 0 Å². The first kappa shape index (κ1) is 15.6. The van der Waals surface area contributed by atoms with Gasteiger partial charge in [0.25, 0.3) is 5.56 Å². The minimum Gasteiger partial charge on any atom is -0.396 e. The first-order chi connectivity index (χ1) is 11.4. The Bertz CT molecular complexity index is 1060. The van der Waals surface area contributed by atoms with Crippen molar-refractivity contribution >= 4 is 28.6 Å². The third-order valence-corrected chi connectivity index (χ3v) is 3.91. The van der Waals surface area contributed by atoms with Crippen molar-refractivity contribution in [2.45, 2.75) is 6.92 Å². The molecule has 122 valence electrons. The number of hydrogen-bond donors (Lipinski definition) is 4. The van der Waals surface area contributed by atoms with Crippen LogP contribution in [0.2, 0.25) is 0 Å². The highest BCUT2D eigenvalue weighted by Gasteiger charge is 2.20. The van der Waals surface area contributed by atoms with E-state index in [1.54, 1.807) is 0 Å². The summed E-state index contributed by atoms with van der Waals surface area (Å²) in [6, 6.07) is 2.47. The van der Waals surface area contributed by atoms with Gasteiger partial charge in [-0.15, -0.1) is 0 Å². The van der Waals surface area contributed by atoms with Crippen LogP contribution in [-0.2, 0) is 0 Å². The number of aryl methyl sites for hydroxylation is 1. The molecule has 0 unspecified atom stereocenters. The number of aromatic nitrogens is 2. The van der Waals surface area contributed by atoms with Crippen LogP contribution >= 0.6 is 0 Å². The van der Waals surface area contributed by atoms with Gasteiger partial charge in [0.2, 0.25) is 0 Å². The van der Waals surface area contributed by atoms with E-state index in [1.165, 1.54) is 13.0 Å². The van der Waals surface area contributed by atoms with Gasteiger partial charge in [-0.25, -0.2) is 8.78 Å². The number of nitrogens with zero attached hydrogens (tertiary/aromatic N) is 1. The van der Waals surface area contributed by atoms with Crippen molar-refractivity contribution in [1.29, 1.82) is 5.41 Å². The van der Waals surface area contributed by atoms with Crippen molar-refractivity contribution < 1.29 is 8.78 Å². The smallest absolute Gasteiger partial charge is 0.272 e. The maximum absolute atomic E-state index is 13.8. The van der Waals surface area contributed by atoms with Gasteiger partial charge in [0, 0.05) is 22.9 Å². The summed E-state index contributed by atoms with van der Waals surface area (Å²) in [6.07, 6.45) is 1.88. The van der Waals surface area contributed by atoms with Gasteiger partial charge in [-0.05, 0) is 18.6 Å². The molecule has 6 N–H and O–H groups in total. The molecule has 6 nitrogen and oxygen atoms in total. The van der Waals surface area contributed by atoms with Crippen LogP contribution in [0.4, 0.5) is 20.2 Å². The highest BCUT2D eigenvalue weighted by molar-refractivity contribution is 6.05. The molecule has 0 saturated carbocycles. The van der Waals surface area contributed by atoms with Crippen molar-refractivity contribution in [1.82, 2.24) is 9.97 Å². The number of aromatic amines is 1. The molecule has 0 saturated heterocycles. The number of halogens is 2. The second-order valence-corrected chi connectivity index (χ2v) is 5.26. The van der Waals surface area contributed by atoms with E-state index in [9.17, 15) is 13.6 Å². The lowest BCUT2D eigenvalue weighted by Gasteiger charge is -2.14. The number of anilines is 2. The molecule has 0 spiro atoms. The molecule has 2 heterocycles. The van der Waals surface area contributed by atoms with Crippen molar-refractivity contribution in [2.75, 3.05) is 11.5 Å². The Morgan fingerprint density at radius 1 is 1.21 bits per heavy atom. The lowest BCUT2D eigenvalue weighted by atomic mass is 9.96. The van der Waals surface area contributed by atoms with Crippen LogP contribution < -0.4 is 17.0 Å². The van der Waals surface area contributed by atoms with Gasteiger partial charge >= 0.3 is 0 Å². The molecule has 0 aliphatic heterocycles. The van der Waals surface area contributed by atoms with Gasteiger partial charge in [0.1, 0.15) is 17.3 Å². The van der Waals surface area contributed by atoms with Gasteiger partial charge in [0.05, 0.1) is 22.9 Å². The molecular weight excluding hydrogens is 316 g/mol. The quantitative estimate of drug-likeness (QED) is 0.426. The van der Waals surface area contributed by atoms with E-state index in [4.69, 9.17) is 16.9 Å². The lowest BCUT2D eigenvalue weighted by Crippen LogP contribution is -2.15. The molecule has 3 rings (SSSR count). The average Bonchev–Trinajstić information content (AvgIpc) is 2.56. The normalized spacial score (nSPS) is 11.0. The first-order valence-corrected chi connectivity index (χ1v) is 6.92. The Kier molecular flexibility index (Phi) is 3.52. The molecule has 0 aliphatic carbocycles. The van der Waals surface area contributed by atoms with Gasteiger partial charge in [-0.2, -0.15) is 0 Å². The molecule has 1 aromatic carbocycles. The SMILES string of the molecule is Cc1c(F)cnc2c(-c3ccc(F)c(N)c3C=N)c(N)c(=O)[nH]c12. The van der Waals surface area contributed by atoms with Crippen LogP contribution in [0.5, 0.6) is 0 Å². The van der Waals surface area contributed by atoms with Crippen molar-refractivity contribution in [3.05, 3.63) is 51.4 Å². The number of rotatable bonds is 2. The van der Waals surface area contributed by atoms with E-state index >= 15 is 0 Å². The second-order valence-electron chi connectivity index (χ2n) is 5.26. The van der Waals surface area contributed by atoms with E-state index in [-0.39, 0.29) is 44.7 Å². The fraction of sp³-hybridized carbons (Fsp3) is 0.0625. The zero-order chi connectivity index (χ0) is 17.6. The maximum atomic E-state index is 13.8. The van der Waals surface area contributed by atoms with E-state index in [0.29, 0.717) is 0 Å². The molecule has 0 amide bonds. The predicted molar refractivity (Wildman–Crippen MR) is 89.2 cm³/mol. The van der Waals surface area contributed by atoms with Gasteiger partial charge in [0.15, 0.2) is 0 Å². The Morgan fingerprint density at radius 2 is 1.92 bits per heavy atom. The molecule has 3 aromatic rings. The highest BCUT2D eigenvalue weighted by atomic mass is 19.1. The molecule has 2 aromatic heterocycles. The van der Waals surface area contributed by atoms with E-state index in [2.05, 4.69) is 9.97 Å². The third kappa shape index (κ3) is 2.11. The summed E-state index contributed by atoms with van der Waals surface area (Å²) >= 11 is 0. The second kappa shape index (κ2) is 5.41. The molecule has 0 atom stereocenters. The van der Waals surface area contributed by atoms with Crippen LogP contribution in [-0.4, -0.2) is 16.2 Å². The molecule has 0 radical (unpaired) electrons. The topological polar surface area (TPSA) is 122 Å². The van der Waals surface area contributed by atoms with Gasteiger partial charge < -0.3 is 21.9 Å². The number of H-pyrrole nitrogens is 1. The molecular formula is C16H13F2N5O. The third-order valence-electron chi connectivity index (χ3n) is 3.91. The number of hydrogen-bond acceptors (Lipinski definition) is 5. The summed E-state index contributed by atoms with van der Waals surface area (Å²) in [7, 11) is 0. The monoisotopic (exact) mass is 329 g/mol. The highest BCUT2D eigenvalue weighted by Crippen LogP contribution is 2.35. The average molecular weight is 329 g/mol. The van der Waals surface area contributed by atoms with Crippen molar-refractivity contribution in [3.63, 3.8) is 0 Å². The minimum absolute atomic E-state index is 0.0670. The Balaban J connectivity index is 2.54. The van der Waals surface area contributed by atoms with Crippen molar-refractivity contribution in [3.8, 4) is 11.1 Å². The van der Waals surface area contributed by atoms with Crippen molar-refractivity contribution in [2.24, 2.45) is 0 Å². The number of fused-ring (bicyclic) bond motifs is 1. The first-order valence-electron chi connectivity index (χ1n) is 6.92.